The number of amides is 1. The van der Waals surface area contributed by atoms with Crippen LogP contribution in [0.1, 0.15) is 11.1 Å². The number of nitriles is 1. The Morgan fingerprint density at radius 3 is 2.68 bits per heavy atom. The van der Waals surface area contributed by atoms with E-state index in [0.29, 0.717) is 22.7 Å². The van der Waals surface area contributed by atoms with Gasteiger partial charge in [-0.25, -0.2) is 4.39 Å². The van der Waals surface area contributed by atoms with Gasteiger partial charge in [-0.05, 0) is 48.4 Å². The standard InChI is InChI=1S/C22H18FN3O2/c23-17-7-4-8-18(13-17)28-21-10-2-1-9-20(21)26-22(27)19(25)12-15-5-3-6-16(11-15)14-24/h1-11,13,19H,12,25H2,(H,26,27). The second-order valence-electron chi connectivity index (χ2n) is 6.17. The van der Waals surface area contributed by atoms with Gasteiger partial charge in [-0.1, -0.05) is 30.3 Å². The number of hydrogen-bond acceptors (Lipinski definition) is 4. The Bertz CT molecular complexity index is 1030. The van der Waals surface area contributed by atoms with Crippen LogP contribution >= 0.6 is 0 Å². The van der Waals surface area contributed by atoms with E-state index >= 15 is 0 Å². The summed E-state index contributed by atoms with van der Waals surface area (Å²) in [6.07, 6.45) is 0.286. The Hall–Kier alpha value is -3.69. The smallest absolute Gasteiger partial charge is 0.241 e. The van der Waals surface area contributed by atoms with Crippen molar-refractivity contribution in [1.29, 1.82) is 5.26 Å². The van der Waals surface area contributed by atoms with Gasteiger partial charge >= 0.3 is 0 Å². The fourth-order valence-electron chi connectivity index (χ4n) is 2.66. The van der Waals surface area contributed by atoms with Crippen LogP contribution in [-0.4, -0.2) is 11.9 Å². The molecule has 1 amide bonds. The number of carbonyl (C=O) groups is 1. The third kappa shape index (κ3) is 4.93. The molecule has 0 heterocycles. The second-order valence-corrected chi connectivity index (χ2v) is 6.17. The van der Waals surface area contributed by atoms with Crippen molar-refractivity contribution in [2.75, 3.05) is 5.32 Å². The highest BCUT2D eigenvalue weighted by atomic mass is 19.1. The average molecular weight is 375 g/mol. The summed E-state index contributed by atoms with van der Waals surface area (Å²) >= 11 is 0. The number of carbonyl (C=O) groups excluding carboxylic acids is 1. The largest absolute Gasteiger partial charge is 0.455 e. The van der Waals surface area contributed by atoms with E-state index in [1.165, 1.54) is 18.2 Å². The highest BCUT2D eigenvalue weighted by Crippen LogP contribution is 2.29. The molecular weight excluding hydrogens is 357 g/mol. The van der Waals surface area contributed by atoms with Crippen molar-refractivity contribution < 1.29 is 13.9 Å². The van der Waals surface area contributed by atoms with Crippen LogP contribution in [0.4, 0.5) is 10.1 Å². The van der Waals surface area contributed by atoms with Gasteiger partial charge in [0.1, 0.15) is 11.6 Å². The molecule has 0 radical (unpaired) electrons. The molecule has 3 aromatic rings. The van der Waals surface area contributed by atoms with Gasteiger partial charge < -0.3 is 15.8 Å². The van der Waals surface area contributed by atoms with Crippen LogP contribution in [-0.2, 0) is 11.2 Å². The highest BCUT2D eigenvalue weighted by molar-refractivity contribution is 5.96. The molecule has 5 nitrogen and oxygen atoms in total. The number of hydrogen-bond donors (Lipinski definition) is 2. The van der Waals surface area contributed by atoms with Crippen LogP contribution < -0.4 is 15.8 Å². The minimum atomic E-state index is -0.809. The molecule has 140 valence electrons. The molecule has 0 saturated carbocycles. The van der Waals surface area contributed by atoms with Gasteiger partial charge in [-0.3, -0.25) is 4.79 Å². The Balaban J connectivity index is 1.70. The first-order chi connectivity index (χ1) is 13.5. The summed E-state index contributed by atoms with van der Waals surface area (Å²) in [5.74, 6) is -0.113. The molecule has 3 rings (SSSR count). The van der Waals surface area contributed by atoms with Gasteiger partial charge in [-0.15, -0.1) is 0 Å². The number of nitrogens with zero attached hydrogens (tertiary/aromatic N) is 1. The van der Waals surface area contributed by atoms with E-state index in [1.807, 2.05) is 6.07 Å². The maximum atomic E-state index is 13.4. The zero-order valence-electron chi connectivity index (χ0n) is 14.9. The summed E-state index contributed by atoms with van der Waals surface area (Å²) in [6, 6.07) is 20.8. The molecular formula is C22H18FN3O2. The average Bonchev–Trinajstić information content (AvgIpc) is 2.69. The summed E-state index contributed by atoms with van der Waals surface area (Å²) in [5, 5.41) is 11.7. The van der Waals surface area contributed by atoms with Crippen LogP contribution in [0.2, 0.25) is 0 Å². The highest BCUT2D eigenvalue weighted by Gasteiger charge is 2.16. The van der Waals surface area contributed by atoms with Crippen molar-refractivity contribution in [3.8, 4) is 17.6 Å². The number of anilines is 1. The quantitative estimate of drug-likeness (QED) is 0.682. The molecule has 0 saturated heterocycles. The fraction of sp³-hybridized carbons (Fsp3) is 0.0909. The zero-order valence-corrected chi connectivity index (χ0v) is 14.9. The number of nitrogens with two attached hydrogens (primary N) is 1. The molecule has 3 aromatic carbocycles. The predicted molar refractivity (Wildman–Crippen MR) is 104 cm³/mol. The van der Waals surface area contributed by atoms with Crippen molar-refractivity contribution in [3.05, 3.63) is 89.7 Å². The van der Waals surface area contributed by atoms with E-state index < -0.39 is 17.8 Å². The first-order valence-electron chi connectivity index (χ1n) is 8.63. The molecule has 0 aliphatic rings. The first kappa shape index (κ1) is 19.1. The molecule has 6 heteroatoms. The number of halogens is 1. The number of rotatable bonds is 6. The van der Waals surface area contributed by atoms with Crippen molar-refractivity contribution in [3.63, 3.8) is 0 Å². The molecule has 0 aliphatic carbocycles. The number of ether oxygens (including phenoxy) is 1. The monoisotopic (exact) mass is 375 g/mol. The Morgan fingerprint density at radius 1 is 1.11 bits per heavy atom. The molecule has 0 bridgehead atoms. The van der Waals surface area contributed by atoms with Crippen LogP contribution in [0.3, 0.4) is 0 Å². The van der Waals surface area contributed by atoms with E-state index in [9.17, 15) is 9.18 Å². The van der Waals surface area contributed by atoms with Crippen molar-refractivity contribution in [2.45, 2.75) is 12.5 Å². The minimum Gasteiger partial charge on any atom is -0.455 e. The van der Waals surface area contributed by atoms with Gasteiger partial charge in [0.25, 0.3) is 0 Å². The summed E-state index contributed by atoms with van der Waals surface area (Å²) in [6.45, 7) is 0. The maximum Gasteiger partial charge on any atom is 0.241 e. The molecule has 0 spiro atoms. The van der Waals surface area contributed by atoms with Gasteiger partial charge in [0.2, 0.25) is 5.91 Å². The third-order valence-electron chi connectivity index (χ3n) is 4.02. The van der Waals surface area contributed by atoms with Crippen molar-refractivity contribution in [2.24, 2.45) is 5.73 Å². The van der Waals surface area contributed by atoms with Crippen LogP contribution in [0, 0.1) is 17.1 Å². The molecule has 1 atom stereocenters. The predicted octanol–water partition coefficient (Wildman–Crippen LogP) is 4.00. The number of nitrogens with one attached hydrogen (secondary N) is 1. The van der Waals surface area contributed by atoms with Crippen LogP contribution in [0.15, 0.2) is 72.8 Å². The topological polar surface area (TPSA) is 88.1 Å². The molecule has 0 fully saturated rings. The molecule has 1 unspecified atom stereocenters. The van der Waals surface area contributed by atoms with E-state index in [2.05, 4.69) is 11.4 Å². The number of para-hydroxylation sites is 2. The van der Waals surface area contributed by atoms with Gasteiger partial charge in [0.15, 0.2) is 5.75 Å². The SMILES string of the molecule is N#Cc1cccc(CC(N)C(=O)Nc2ccccc2Oc2cccc(F)c2)c1. The summed E-state index contributed by atoms with van der Waals surface area (Å²) in [5.41, 5.74) is 7.76. The van der Waals surface area contributed by atoms with Gasteiger partial charge in [0, 0.05) is 6.07 Å². The van der Waals surface area contributed by atoms with E-state index in [-0.39, 0.29) is 6.42 Å². The Morgan fingerprint density at radius 2 is 1.89 bits per heavy atom. The third-order valence-corrected chi connectivity index (χ3v) is 4.02. The van der Waals surface area contributed by atoms with Crippen LogP contribution in [0.5, 0.6) is 11.5 Å². The molecule has 28 heavy (non-hydrogen) atoms. The first-order valence-corrected chi connectivity index (χ1v) is 8.63. The van der Waals surface area contributed by atoms with E-state index in [0.717, 1.165) is 5.56 Å². The second kappa shape index (κ2) is 8.80. The zero-order chi connectivity index (χ0) is 19.9. The summed E-state index contributed by atoms with van der Waals surface area (Å²) < 4.78 is 19.0. The normalized spacial score (nSPS) is 11.3. The Kier molecular flexibility index (Phi) is 6.00. The number of benzene rings is 3. The van der Waals surface area contributed by atoms with Crippen molar-refractivity contribution in [1.82, 2.24) is 0 Å². The van der Waals surface area contributed by atoms with Gasteiger partial charge in [-0.2, -0.15) is 5.26 Å². The lowest BCUT2D eigenvalue weighted by molar-refractivity contribution is -0.117. The maximum absolute atomic E-state index is 13.4. The molecule has 0 aromatic heterocycles. The summed E-state index contributed by atoms with van der Waals surface area (Å²) in [7, 11) is 0. The fourth-order valence-corrected chi connectivity index (χ4v) is 2.66. The van der Waals surface area contributed by atoms with Crippen molar-refractivity contribution >= 4 is 11.6 Å². The lowest BCUT2D eigenvalue weighted by atomic mass is 10.0. The lowest BCUT2D eigenvalue weighted by Gasteiger charge is -2.15. The van der Waals surface area contributed by atoms with Crippen LogP contribution in [0.25, 0.3) is 0 Å². The molecule has 0 aliphatic heterocycles. The minimum absolute atomic E-state index is 0.286. The Labute approximate surface area is 162 Å². The van der Waals surface area contributed by atoms with E-state index in [1.54, 1.807) is 48.5 Å². The lowest BCUT2D eigenvalue weighted by Crippen LogP contribution is -2.37. The van der Waals surface area contributed by atoms with E-state index in [4.69, 9.17) is 15.7 Å². The molecule has 3 N–H and O–H groups in total. The van der Waals surface area contributed by atoms with Gasteiger partial charge in [0.05, 0.1) is 23.4 Å². The summed E-state index contributed by atoms with van der Waals surface area (Å²) in [4.78, 5) is 12.5.